The van der Waals surface area contributed by atoms with Crippen LogP contribution in [0, 0.1) is 0 Å². The van der Waals surface area contributed by atoms with Crippen LogP contribution < -0.4 is 0 Å². The number of rotatable bonds is 67. The van der Waals surface area contributed by atoms with Crippen LogP contribution in [-0.2, 0) is 55.8 Å². The topological polar surface area (TPSA) is 231 Å². The lowest BCUT2D eigenvalue weighted by molar-refractivity contribution is -0.161. The Hall–Kier alpha value is -3.53. The molecular weight excluding hydrogens is 1190 g/mol. The first-order chi connectivity index (χ1) is 44.2. The van der Waals surface area contributed by atoms with Crippen molar-refractivity contribution >= 4 is 33.6 Å². The van der Waals surface area contributed by atoms with E-state index in [1.807, 2.05) is 0 Å². The number of carbonyl (C=O) groups excluding carboxylic acids is 3. The number of aliphatic hydroxyl groups is 2. The van der Waals surface area contributed by atoms with E-state index in [9.17, 15) is 43.5 Å². The standard InChI is InChI=1S/C73H128O16P2/c1-4-7-10-13-16-19-22-25-27-29-31-32-33-34-36-38-39-42-44-47-50-53-56-59-71(76)83-62-68(74)63-85-90(79,80)86-64-69(75)65-87-91(81,82)88-67-70(89-73(78)61-58-55-52-49-46-41-24-21-18-15-12-9-6-3)66-84-72(77)60-57-54-51-48-45-43-40-37-35-30-28-26-23-20-17-14-11-8-5-2/h8,11,16-17,19-20,25-28,31-32,34-37,68-70,74-75H,4-7,9-10,12-15,18,21-24,29-30,33,38-67H2,1-3H3,(H,79,80)(H,81,82)/b11-8-,19-16-,20-17-,27-25-,28-26-,32-31-,36-34-,37-35-. The summed E-state index contributed by atoms with van der Waals surface area (Å²) in [7, 11) is -9.78. The number of allylic oxidation sites excluding steroid dienone is 16. The highest BCUT2D eigenvalue weighted by Crippen LogP contribution is 2.45. The Bertz CT molecular complexity index is 2050. The highest BCUT2D eigenvalue weighted by Gasteiger charge is 2.29. The maximum Gasteiger partial charge on any atom is 0.472 e. The fourth-order valence-electron chi connectivity index (χ4n) is 9.37. The molecule has 91 heavy (non-hydrogen) atoms. The number of aliphatic hydroxyl groups excluding tert-OH is 2. The van der Waals surface area contributed by atoms with Gasteiger partial charge in [-0.1, -0.05) is 266 Å². The lowest BCUT2D eigenvalue weighted by Crippen LogP contribution is -2.30. The van der Waals surface area contributed by atoms with Gasteiger partial charge in [0.25, 0.3) is 0 Å². The molecule has 0 aromatic carbocycles. The van der Waals surface area contributed by atoms with Gasteiger partial charge in [-0.25, -0.2) is 9.13 Å². The zero-order valence-electron chi connectivity index (χ0n) is 57.0. The summed E-state index contributed by atoms with van der Waals surface area (Å²) in [4.78, 5) is 58.4. The SMILES string of the molecule is CC/C=C\C/C=C\C/C=C\C/C=C\CCCCCCCCC(=O)OCC(COP(=O)(O)OCC(O)COP(=O)(O)OCC(O)COC(=O)CCCCCCCCC/C=C\C/C=C\C/C=C\C/C=C\CCCCC)OC(=O)CCCCCCCCCCCCCCC. The summed E-state index contributed by atoms with van der Waals surface area (Å²) < 4.78 is 60.9. The van der Waals surface area contributed by atoms with Crippen LogP contribution in [0.3, 0.4) is 0 Å². The van der Waals surface area contributed by atoms with Gasteiger partial charge < -0.3 is 34.2 Å². The van der Waals surface area contributed by atoms with Gasteiger partial charge in [-0.15, -0.1) is 0 Å². The van der Waals surface area contributed by atoms with Crippen molar-refractivity contribution in [3.05, 3.63) is 97.2 Å². The van der Waals surface area contributed by atoms with E-state index in [0.717, 1.165) is 154 Å². The summed E-state index contributed by atoms with van der Waals surface area (Å²) in [5.74, 6) is -1.59. The van der Waals surface area contributed by atoms with Gasteiger partial charge in [-0.3, -0.25) is 32.5 Å². The third kappa shape index (κ3) is 67.7. The number of carbonyl (C=O) groups is 3. The summed E-state index contributed by atoms with van der Waals surface area (Å²) in [6, 6.07) is 0. The molecule has 4 N–H and O–H groups in total. The van der Waals surface area contributed by atoms with Crippen LogP contribution in [-0.4, -0.2) is 95.9 Å². The molecule has 0 bridgehead atoms. The Morgan fingerprint density at radius 1 is 0.319 bits per heavy atom. The summed E-state index contributed by atoms with van der Waals surface area (Å²) >= 11 is 0. The number of phosphoric ester groups is 2. The predicted octanol–water partition coefficient (Wildman–Crippen LogP) is 19.9. The minimum atomic E-state index is -4.93. The van der Waals surface area contributed by atoms with E-state index in [0.29, 0.717) is 19.3 Å². The lowest BCUT2D eigenvalue weighted by atomic mass is 10.0. The van der Waals surface area contributed by atoms with Crippen LogP contribution in [0.4, 0.5) is 0 Å². The predicted molar refractivity (Wildman–Crippen MR) is 371 cm³/mol. The van der Waals surface area contributed by atoms with E-state index in [1.165, 1.54) is 77.0 Å². The summed E-state index contributed by atoms with van der Waals surface area (Å²) in [5, 5.41) is 20.6. The number of hydrogen-bond acceptors (Lipinski definition) is 14. The number of ether oxygens (including phenoxy) is 3. The lowest BCUT2D eigenvalue weighted by Gasteiger charge is -2.21. The molecule has 0 radical (unpaired) electrons. The van der Waals surface area contributed by atoms with Gasteiger partial charge in [-0.2, -0.15) is 0 Å². The molecule has 0 aliphatic heterocycles. The molecule has 0 spiro atoms. The van der Waals surface area contributed by atoms with Gasteiger partial charge in [0.15, 0.2) is 6.10 Å². The monoisotopic (exact) mass is 1320 g/mol. The first kappa shape index (κ1) is 87.5. The Balaban J connectivity index is 4.60. The molecule has 0 heterocycles. The average Bonchev–Trinajstić information content (AvgIpc) is 3.74. The molecule has 0 aliphatic rings. The molecule has 0 fully saturated rings. The van der Waals surface area contributed by atoms with Crippen molar-refractivity contribution in [1.82, 2.24) is 0 Å². The summed E-state index contributed by atoms with van der Waals surface area (Å²) in [6.45, 7) is 2.52. The summed E-state index contributed by atoms with van der Waals surface area (Å²) in [6.07, 6.45) is 73.1. The van der Waals surface area contributed by atoms with Crippen molar-refractivity contribution in [2.75, 3.05) is 39.6 Å². The maximum atomic E-state index is 12.9. The van der Waals surface area contributed by atoms with Crippen LogP contribution in [0.5, 0.6) is 0 Å². The fraction of sp³-hybridized carbons (Fsp3) is 0.740. The van der Waals surface area contributed by atoms with Crippen molar-refractivity contribution in [3.63, 3.8) is 0 Å². The largest absolute Gasteiger partial charge is 0.472 e. The molecule has 0 saturated carbocycles. The highest BCUT2D eigenvalue weighted by atomic mass is 31.2. The van der Waals surface area contributed by atoms with Gasteiger partial charge in [0.1, 0.15) is 25.4 Å². The smallest absolute Gasteiger partial charge is 0.463 e. The third-order valence-electron chi connectivity index (χ3n) is 14.8. The molecule has 16 nitrogen and oxygen atoms in total. The Morgan fingerprint density at radius 3 is 0.945 bits per heavy atom. The van der Waals surface area contributed by atoms with E-state index in [4.69, 9.17) is 32.3 Å². The molecule has 18 heteroatoms. The van der Waals surface area contributed by atoms with Crippen molar-refractivity contribution in [2.45, 2.75) is 309 Å². The average molecular weight is 1320 g/mol. The second kappa shape index (κ2) is 66.5. The fourth-order valence-corrected chi connectivity index (χ4v) is 11.0. The van der Waals surface area contributed by atoms with E-state index in [-0.39, 0.29) is 19.3 Å². The van der Waals surface area contributed by atoms with Gasteiger partial charge in [0, 0.05) is 19.3 Å². The maximum absolute atomic E-state index is 12.9. The van der Waals surface area contributed by atoms with E-state index in [2.05, 4.69) is 118 Å². The van der Waals surface area contributed by atoms with Crippen LogP contribution in [0.1, 0.15) is 290 Å². The molecule has 0 aromatic heterocycles. The molecule has 0 aromatic rings. The van der Waals surface area contributed by atoms with Crippen molar-refractivity contribution in [1.29, 1.82) is 0 Å². The molecule has 5 unspecified atom stereocenters. The minimum absolute atomic E-state index is 0.103. The van der Waals surface area contributed by atoms with Crippen LogP contribution in [0.15, 0.2) is 97.2 Å². The number of phosphoric acid groups is 2. The molecular formula is C73H128O16P2. The molecule has 526 valence electrons. The third-order valence-corrected chi connectivity index (χ3v) is 16.7. The second-order valence-corrected chi connectivity index (χ2v) is 26.6. The molecule has 0 amide bonds. The summed E-state index contributed by atoms with van der Waals surface area (Å²) in [5.41, 5.74) is 0. The van der Waals surface area contributed by atoms with E-state index >= 15 is 0 Å². The van der Waals surface area contributed by atoms with E-state index < -0.39 is 91.5 Å². The number of hydrogen-bond donors (Lipinski definition) is 4. The van der Waals surface area contributed by atoms with Crippen LogP contribution >= 0.6 is 15.6 Å². The highest BCUT2D eigenvalue weighted by molar-refractivity contribution is 7.47. The molecule has 0 aliphatic carbocycles. The second-order valence-electron chi connectivity index (χ2n) is 23.7. The van der Waals surface area contributed by atoms with Crippen molar-refractivity contribution in [3.8, 4) is 0 Å². The zero-order valence-corrected chi connectivity index (χ0v) is 58.8. The zero-order chi connectivity index (χ0) is 66.7. The molecule has 0 saturated heterocycles. The minimum Gasteiger partial charge on any atom is -0.463 e. The van der Waals surface area contributed by atoms with Gasteiger partial charge in [-0.05, 0) is 103 Å². The van der Waals surface area contributed by atoms with Crippen LogP contribution in [0.25, 0.3) is 0 Å². The van der Waals surface area contributed by atoms with Gasteiger partial charge in [0.2, 0.25) is 0 Å². The first-order valence-electron chi connectivity index (χ1n) is 35.5. The Kier molecular flexibility index (Phi) is 63.9. The quantitative estimate of drug-likeness (QED) is 0.0146. The number of esters is 3. The normalized spacial score (nSPS) is 14.8. The Morgan fingerprint density at radius 2 is 0.582 bits per heavy atom. The molecule has 0 rings (SSSR count). The van der Waals surface area contributed by atoms with E-state index in [1.54, 1.807) is 0 Å². The van der Waals surface area contributed by atoms with Gasteiger partial charge >= 0.3 is 33.6 Å². The van der Waals surface area contributed by atoms with Crippen molar-refractivity contribution < 1.29 is 75.8 Å². The van der Waals surface area contributed by atoms with Crippen LogP contribution in [0.2, 0.25) is 0 Å². The Labute approximate surface area is 552 Å². The first-order valence-corrected chi connectivity index (χ1v) is 38.5. The number of unbranched alkanes of at least 4 members (excludes halogenated alkanes) is 28. The molecule has 5 atom stereocenters. The van der Waals surface area contributed by atoms with Gasteiger partial charge in [0.05, 0.1) is 26.4 Å². The van der Waals surface area contributed by atoms with Crippen molar-refractivity contribution in [2.24, 2.45) is 0 Å².